The number of hydrogen-bond donors (Lipinski definition) is 1. The molecule has 2 nitrogen and oxygen atoms in total. The Morgan fingerprint density at radius 3 is 2.35 bits per heavy atom. The van der Waals surface area contributed by atoms with Crippen LogP contribution in [-0.4, -0.2) is 5.91 Å². The van der Waals surface area contributed by atoms with Gasteiger partial charge in [-0.15, -0.1) is 0 Å². The van der Waals surface area contributed by atoms with Crippen LogP contribution in [0.3, 0.4) is 0 Å². The van der Waals surface area contributed by atoms with Crippen molar-refractivity contribution in [3.05, 3.63) is 69.7 Å². The maximum Gasteiger partial charge on any atom is 0.251 e. The zero-order valence-corrected chi connectivity index (χ0v) is 12.2. The Morgan fingerprint density at radius 2 is 1.75 bits per heavy atom. The van der Waals surface area contributed by atoms with E-state index < -0.39 is 17.7 Å². The third-order valence-corrected chi connectivity index (χ3v) is 3.43. The van der Waals surface area contributed by atoms with E-state index in [9.17, 15) is 13.6 Å². The van der Waals surface area contributed by atoms with Crippen molar-refractivity contribution < 1.29 is 13.6 Å². The minimum atomic E-state index is -0.924. The molecule has 0 saturated carbocycles. The minimum Gasteiger partial charge on any atom is -0.346 e. The zero-order valence-electron chi connectivity index (χ0n) is 10.7. The van der Waals surface area contributed by atoms with Crippen LogP contribution in [0, 0.1) is 11.6 Å². The molecule has 20 heavy (non-hydrogen) atoms. The average Bonchev–Trinajstić information content (AvgIpc) is 2.42. The first-order valence-electron chi connectivity index (χ1n) is 5.99. The number of halogens is 3. The summed E-state index contributed by atoms with van der Waals surface area (Å²) in [6.45, 7) is 1.71. The predicted octanol–water partition coefficient (Wildman–Crippen LogP) is 4.22. The Bertz CT molecular complexity index is 628. The lowest BCUT2D eigenvalue weighted by Crippen LogP contribution is -2.26. The van der Waals surface area contributed by atoms with Crippen LogP contribution >= 0.6 is 15.9 Å². The van der Waals surface area contributed by atoms with Crippen molar-refractivity contribution in [1.29, 1.82) is 0 Å². The summed E-state index contributed by atoms with van der Waals surface area (Å²) in [5, 5.41) is 2.74. The van der Waals surface area contributed by atoms with Crippen molar-refractivity contribution in [3.63, 3.8) is 0 Å². The molecule has 2 rings (SSSR count). The topological polar surface area (TPSA) is 29.1 Å². The minimum absolute atomic E-state index is 0.269. The van der Waals surface area contributed by atoms with Crippen LogP contribution in [0.5, 0.6) is 0 Å². The second-order valence-corrected chi connectivity index (χ2v) is 5.29. The van der Waals surface area contributed by atoms with Gasteiger partial charge >= 0.3 is 0 Å². The van der Waals surface area contributed by atoms with Gasteiger partial charge in [-0.2, -0.15) is 0 Å². The van der Waals surface area contributed by atoms with E-state index in [0.717, 1.165) is 16.6 Å². The molecule has 0 radical (unpaired) electrons. The first-order chi connectivity index (χ1) is 9.47. The van der Waals surface area contributed by atoms with Crippen LogP contribution < -0.4 is 5.32 Å². The highest BCUT2D eigenvalue weighted by atomic mass is 79.9. The van der Waals surface area contributed by atoms with Gasteiger partial charge < -0.3 is 5.32 Å². The van der Waals surface area contributed by atoms with Crippen LogP contribution in [0.4, 0.5) is 8.78 Å². The maximum atomic E-state index is 13.2. The quantitative estimate of drug-likeness (QED) is 0.891. The first kappa shape index (κ1) is 14.7. The first-order valence-corrected chi connectivity index (χ1v) is 6.78. The predicted molar refractivity (Wildman–Crippen MR) is 76.4 cm³/mol. The largest absolute Gasteiger partial charge is 0.346 e. The van der Waals surface area contributed by atoms with Crippen LogP contribution in [0.15, 0.2) is 46.9 Å². The number of carbonyl (C=O) groups is 1. The highest BCUT2D eigenvalue weighted by Crippen LogP contribution is 2.17. The number of carbonyl (C=O) groups excluding carboxylic acids is 1. The van der Waals surface area contributed by atoms with Gasteiger partial charge in [-0.25, -0.2) is 8.78 Å². The van der Waals surface area contributed by atoms with Crippen molar-refractivity contribution in [2.75, 3.05) is 0 Å². The highest BCUT2D eigenvalue weighted by molar-refractivity contribution is 9.10. The van der Waals surface area contributed by atoms with Gasteiger partial charge in [-0.1, -0.05) is 22.0 Å². The van der Waals surface area contributed by atoms with E-state index in [-0.39, 0.29) is 5.91 Å². The summed E-state index contributed by atoms with van der Waals surface area (Å²) in [5.41, 5.74) is 1.01. The molecule has 1 N–H and O–H groups in total. The maximum absolute atomic E-state index is 13.2. The SMILES string of the molecule is C[C@@H](NC(=O)c1ccc(Br)cc1)c1ccc(F)c(F)c1. The molecule has 0 aromatic heterocycles. The molecular weight excluding hydrogens is 328 g/mol. The molecule has 0 aliphatic carbocycles. The summed E-state index contributed by atoms with van der Waals surface area (Å²) in [4.78, 5) is 12.0. The molecule has 2 aromatic rings. The molecule has 5 heteroatoms. The Labute approximate surface area is 123 Å². The van der Waals surface area contributed by atoms with Crippen molar-refractivity contribution in [1.82, 2.24) is 5.32 Å². The van der Waals surface area contributed by atoms with Crippen LogP contribution in [0.2, 0.25) is 0 Å². The third kappa shape index (κ3) is 3.42. The molecule has 0 aliphatic rings. The van der Waals surface area contributed by atoms with Gasteiger partial charge in [-0.3, -0.25) is 4.79 Å². The van der Waals surface area contributed by atoms with Crippen molar-refractivity contribution in [3.8, 4) is 0 Å². The zero-order chi connectivity index (χ0) is 14.7. The number of nitrogens with one attached hydrogen (secondary N) is 1. The van der Waals surface area contributed by atoms with E-state index in [2.05, 4.69) is 21.2 Å². The van der Waals surface area contributed by atoms with Crippen molar-refractivity contribution >= 4 is 21.8 Å². The average molecular weight is 340 g/mol. The third-order valence-electron chi connectivity index (χ3n) is 2.90. The molecule has 0 fully saturated rings. The molecule has 0 aliphatic heterocycles. The molecule has 1 atom stereocenters. The molecule has 0 bridgehead atoms. The Balaban J connectivity index is 2.10. The number of rotatable bonds is 3. The molecule has 0 spiro atoms. The lowest BCUT2D eigenvalue weighted by molar-refractivity contribution is 0.0940. The summed E-state index contributed by atoms with van der Waals surface area (Å²) in [5.74, 6) is -2.10. The molecule has 1 amide bonds. The Hall–Kier alpha value is -1.75. The molecule has 0 unspecified atom stereocenters. The van der Waals surface area contributed by atoms with E-state index in [4.69, 9.17) is 0 Å². The normalized spacial score (nSPS) is 12.0. The van der Waals surface area contributed by atoms with E-state index in [0.29, 0.717) is 11.1 Å². The number of amides is 1. The van der Waals surface area contributed by atoms with Crippen LogP contribution in [0.25, 0.3) is 0 Å². The molecule has 104 valence electrons. The van der Waals surface area contributed by atoms with E-state index in [1.807, 2.05) is 0 Å². The molecular formula is C15H12BrF2NO. The van der Waals surface area contributed by atoms with E-state index >= 15 is 0 Å². The molecule has 0 saturated heterocycles. The fourth-order valence-electron chi connectivity index (χ4n) is 1.75. The van der Waals surface area contributed by atoms with Crippen molar-refractivity contribution in [2.24, 2.45) is 0 Å². The van der Waals surface area contributed by atoms with Gasteiger partial charge in [0.2, 0.25) is 0 Å². The van der Waals surface area contributed by atoms with Crippen LogP contribution in [-0.2, 0) is 0 Å². The van der Waals surface area contributed by atoms with Crippen LogP contribution in [0.1, 0.15) is 28.9 Å². The summed E-state index contributed by atoms with van der Waals surface area (Å²) in [6, 6.07) is 10.0. The molecule has 0 heterocycles. The van der Waals surface area contributed by atoms with Gasteiger partial charge in [0.1, 0.15) is 0 Å². The van der Waals surface area contributed by atoms with Gasteiger partial charge in [0, 0.05) is 10.0 Å². The standard InChI is InChI=1S/C15H12BrF2NO/c1-9(11-4-7-13(17)14(18)8-11)19-15(20)10-2-5-12(16)6-3-10/h2-9H,1H3,(H,19,20)/t9-/m1/s1. The lowest BCUT2D eigenvalue weighted by atomic mass is 10.1. The Morgan fingerprint density at radius 1 is 1.10 bits per heavy atom. The summed E-state index contributed by atoms with van der Waals surface area (Å²) in [7, 11) is 0. The van der Waals surface area contributed by atoms with E-state index in [1.165, 1.54) is 6.07 Å². The summed E-state index contributed by atoms with van der Waals surface area (Å²) < 4.78 is 26.9. The van der Waals surface area contributed by atoms with Gasteiger partial charge in [0.15, 0.2) is 11.6 Å². The van der Waals surface area contributed by atoms with Crippen molar-refractivity contribution in [2.45, 2.75) is 13.0 Å². The fraction of sp³-hybridized carbons (Fsp3) is 0.133. The molecule has 2 aromatic carbocycles. The van der Waals surface area contributed by atoms with Gasteiger partial charge in [0.25, 0.3) is 5.91 Å². The van der Waals surface area contributed by atoms with E-state index in [1.54, 1.807) is 31.2 Å². The van der Waals surface area contributed by atoms with Gasteiger partial charge in [-0.05, 0) is 48.9 Å². The Kier molecular flexibility index (Phi) is 4.49. The highest BCUT2D eigenvalue weighted by Gasteiger charge is 2.13. The second kappa shape index (κ2) is 6.13. The summed E-state index contributed by atoms with van der Waals surface area (Å²) >= 11 is 3.29. The lowest BCUT2D eigenvalue weighted by Gasteiger charge is -2.14. The second-order valence-electron chi connectivity index (χ2n) is 4.38. The fourth-order valence-corrected chi connectivity index (χ4v) is 2.01. The monoisotopic (exact) mass is 339 g/mol. The number of benzene rings is 2. The van der Waals surface area contributed by atoms with Gasteiger partial charge in [0.05, 0.1) is 6.04 Å². The smallest absolute Gasteiger partial charge is 0.251 e. The summed E-state index contributed by atoms with van der Waals surface area (Å²) in [6.07, 6.45) is 0. The number of hydrogen-bond acceptors (Lipinski definition) is 1.